The zero-order valence-corrected chi connectivity index (χ0v) is 18.8. The number of carbonyl (C=O) groups excluding carboxylic acids is 1. The van der Waals surface area contributed by atoms with Crippen molar-refractivity contribution in [3.05, 3.63) is 106 Å². The van der Waals surface area contributed by atoms with Gasteiger partial charge in [-0.15, -0.1) is 0 Å². The lowest BCUT2D eigenvalue weighted by atomic mass is 9.69. The summed E-state index contributed by atoms with van der Waals surface area (Å²) in [6, 6.07) is 24.9. The lowest BCUT2D eigenvalue weighted by Crippen LogP contribution is -2.44. The molecule has 3 aromatic carbocycles. The monoisotopic (exact) mass is 469 g/mol. The Bertz CT molecular complexity index is 1360. The summed E-state index contributed by atoms with van der Waals surface area (Å²) in [5, 5.41) is 21.5. The van der Waals surface area contributed by atoms with E-state index in [0.717, 1.165) is 11.3 Å². The maximum absolute atomic E-state index is 14.0. The van der Waals surface area contributed by atoms with Crippen molar-refractivity contribution in [2.24, 2.45) is 5.41 Å². The quantitative estimate of drug-likeness (QED) is 0.423. The van der Waals surface area contributed by atoms with Crippen LogP contribution in [0.1, 0.15) is 27.4 Å². The maximum Gasteiger partial charge on any atom is 0.185 e. The molecule has 1 saturated heterocycles. The smallest absolute Gasteiger partial charge is 0.185 e. The molecule has 160 valence electrons. The highest BCUT2D eigenvalue weighted by Gasteiger charge is 2.63. The number of benzene rings is 3. The molecule has 0 radical (unpaired) electrons. The fraction of sp³-hybridized carbons (Fsp3) is 0.148. The zero-order valence-electron chi connectivity index (χ0n) is 17.3. The van der Waals surface area contributed by atoms with Crippen molar-refractivity contribution in [2.45, 2.75) is 18.0 Å². The number of ketones is 1. The minimum Gasteiger partial charge on any atom is -0.351 e. The van der Waals surface area contributed by atoms with Gasteiger partial charge >= 0.3 is 0 Å². The second kappa shape index (κ2) is 8.09. The maximum atomic E-state index is 14.0. The number of nitriles is 2. The van der Waals surface area contributed by atoms with Gasteiger partial charge in [0.1, 0.15) is 6.04 Å². The lowest BCUT2D eigenvalue weighted by molar-refractivity contribution is 0.0951. The summed E-state index contributed by atoms with van der Waals surface area (Å²) < 4.78 is 0. The van der Waals surface area contributed by atoms with Crippen molar-refractivity contribution in [3.8, 4) is 12.1 Å². The molecule has 4 nitrogen and oxygen atoms in total. The van der Waals surface area contributed by atoms with Crippen LogP contribution in [-0.2, 0) is 0 Å². The summed E-state index contributed by atoms with van der Waals surface area (Å²) in [6.07, 6.45) is 3.78. The fourth-order valence-electron chi connectivity index (χ4n) is 5.09. The van der Waals surface area contributed by atoms with Gasteiger partial charge in [0.2, 0.25) is 0 Å². The summed E-state index contributed by atoms with van der Waals surface area (Å²) >= 11 is 12.5. The molecule has 6 heteroatoms. The number of Topliss-reactive ketones (excluding diaryl/α,β-unsaturated/α-hetero) is 1. The highest BCUT2D eigenvalue weighted by Crippen LogP contribution is 2.55. The largest absolute Gasteiger partial charge is 0.351 e. The van der Waals surface area contributed by atoms with Crippen molar-refractivity contribution >= 4 is 40.7 Å². The Morgan fingerprint density at radius 1 is 0.909 bits per heavy atom. The molecule has 0 saturated carbocycles. The predicted octanol–water partition coefficient (Wildman–Crippen LogP) is 6.28. The van der Waals surface area contributed by atoms with Gasteiger partial charge in [0.25, 0.3) is 0 Å². The van der Waals surface area contributed by atoms with Gasteiger partial charge in [0, 0.05) is 17.2 Å². The Kier molecular flexibility index (Phi) is 5.22. The summed E-state index contributed by atoms with van der Waals surface area (Å²) in [7, 11) is 0. The third kappa shape index (κ3) is 3.15. The van der Waals surface area contributed by atoms with E-state index < -0.39 is 23.4 Å². The number of carbonyl (C=O) groups is 1. The van der Waals surface area contributed by atoms with Gasteiger partial charge in [-0.05, 0) is 29.3 Å². The molecule has 2 aliphatic heterocycles. The van der Waals surface area contributed by atoms with Gasteiger partial charge in [0.05, 0.1) is 28.2 Å². The average Bonchev–Trinajstić information content (AvgIpc) is 3.17. The number of fused-ring (bicyclic) bond motifs is 3. The molecule has 0 aromatic heterocycles. The van der Waals surface area contributed by atoms with Crippen LogP contribution in [0.25, 0.3) is 6.08 Å². The molecule has 3 atom stereocenters. The lowest BCUT2D eigenvalue weighted by Gasteiger charge is -2.35. The number of hydrogen-bond donors (Lipinski definition) is 0. The summed E-state index contributed by atoms with van der Waals surface area (Å²) in [6.45, 7) is 0. The topological polar surface area (TPSA) is 67.9 Å². The van der Waals surface area contributed by atoms with Crippen LogP contribution in [0.4, 0.5) is 5.69 Å². The van der Waals surface area contributed by atoms with E-state index in [4.69, 9.17) is 23.2 Å². The van der Waals surface area contributed by atoms with Crippen LogP contribution in [0.2, 0.25) is 10.0 Å². The number of rotatable bonds is 3. The van der Waals surface area contributed by atoms with Crippen LogP contribution < -0.4 is 4.90 Å². The molecule has 0 amide bonds. The minimum absolute atomic E-state index is 0.158. The van der Waals surface area contributed by atoms with Gasteiger partial charge in [-0.3, -0.25) is 4.79 Å². The Morgan fingerprint density at radius 3 is 2.30 bits per heavy atom. The summed E-state index contributed by atoms with van der Waals surface area (Å²) in [5.41, 5.74) is 1.37. The number of anilines is 1. The van der Waals surface area contributed by atoms with Crippen molar-refractivity contribution in [3.63, 3.8) is 0 Å². The second-order valence-electron chi connectivity index (χ2n) is 8.19. The van der Waals surface area contributed by atoms with E-state index in [1.807, 2.05) is 47.4 Å². The van der Waals surface area contributed by atoms with E-state index in [1.165, 1.54) is 0 Å². The molecule has 2 aliphatic rings. The number of halogens is 2. The van der Waals surface area contributed by atoms with Crippen molar-refractivity contribution in [1.29, 1.82) is 10.5 Å². The van der Waals surface area contributed by atoms with Gasteiger partial charge in [-0.1, -0.05) is 90.0 Å². The van der Waals surface area contributed by atoms with Gasteiger partial charge < -0.3 is 4.90 Å². The molecular formula is C27H17Cl2N3O. The molecule has 0 unspecified atom stereocenters. The Labute approximate surface area is 201 Å². The third-order valence-corrected chi connectivity index (χ3v) is 7.28. The fourth-order valence-corrected chi connectivity index (χ4v) is 5.39. The highest BCUT2D eigenvalue weighted by atomic mass is 35.5. The standard InChI is InChI=1S/C27H17Cl2N3O/c28-20-12-10-19(14-21(20)29)24-25(26(33)18-7-2-1-3-8-18)32-22-9-5-4-6-17(22)11-13-23(32)27(24,15-30)16-31/h1-14,23-25H/t23-,24+,25-/m0/s1. The van der Waals surface area contributed by atoms with E-state index in [1.54, 1.807) is 42.5 Å². The molecule has 2 heterocycles. The van der Waals surface area contributed by atoms with Crippen LogP contribution in [0.3, 0.4) is 0 Å². The van der Waals surface area contributed by atoms with Crippen LogP contribution in [0.5, 0.6) is 0 Å². The van der Waals surface area contributed by atoms with Gasteiger partial charge in [0.15, 0.2) is 11.2 Å². The van der Waals surface area contributed by atoms with Crippen molar-refractivity contribution in [1.82, 2.24) is 0 Å². The molecule has 5 rings (SSSR count). The third-order valence-electron chi connectivity index (χ3n) is 6.54. The first-order chi connectivity index (χ1) is 16.0. The minimum atomic E-state index is -1.52. The first-order valence-electron chi connectivity index (χ1n) is 10.4. The van der Waals surface area contributed by atoms with Gasteiger partial charge in [-0.2, -0.15) is 10.5 Å². The number of nitrogens with zero attached hydrogens (tertiary/aromatic N) is 3. The van der Waals surface area contributed by atoms with Crippen LogP contribution >= 0.6 is 23.2 Å². The Balaban J connectivity index is 1.80. The highest BCUT2D eigenvalue weighted by molar-refractivity contribution is 6.42. The first-order valence-corrected chi connectivity index (χ1v) is 11.2. The molecule has 1 fully saturated rings. The van der Waals surface area contributed by atoms with Crippen LogP contribution in [0, 0.1) is 28.1 Å². The van der Waals surface area contributed by atoms with E-state index in [-0.39, 0.29) is 5.78 Å². The zero-order chi connectivity index (χ0) is 23.2. The molecule has 0 N–H and O–H groups in total. The molecule has 0 spiro atoms. The molecular weight excluding hydrogens is 453 g/mol. The summed E-state index contributed by atoms with van der Waals surface area (Å²) in [4.78, 5) is 16.0. The normalized spacial score (nSPS) is 22.1. The molecule has 0 bridgehead atoms. The SMILES string of the molecule is N#CC1(C#N)[C@H](c2ccc(Cl)c(Cl)c2)[C@@H](C(=O)c2ccccc2)N2c3ccccc3C=C[C@H]21. The summed E-state index contributed by atoms with van der Waals surface area (Å²) in [5.74, 6) is -0.912. The van der Waals surface area contributed by atoms with Crippen LogP contribution in [-0.4, -0.2) is 17.9 Å². The van der Waals surface area contributed by atoms with Crippen molar-refractivity contribution in [2.75, 3.05) is 4.90 Å². The Hall–Kier alpha value is -3.57. The Morgan fingerprint density at radius 2 is 1.61 bits per heavy atom. The molecule has 3 aromatic rings. The second-order valence-corrected chi connectivity index (χ2v) is 9.00. The van der Waals surface area contributed by atoms with E-state index in [9.17, 15) is 15.3 Å². The van der Waals surface area contributed by atoms with E-state index in [0.29, 0.717) is 21.2 Å². The van der Waals surface area contributed by atoms with E-state index in [2.05, 4.69) is 12.1 Å². The molecule has 0 aliphatic carbocycles. The first kappa shape index (κ1) is 21.3. The number of hydrogen-bond acceptors (Lipinski definition) is 4. The average molecular weight is 470 g/mol. The van der Waals surface area contributed by atoms with Crippen molar-refractivity contribution < 1.29 is 4.79 Å². The molecule has 33 heavy (non-hydrogen) atoms. The number of para-hydroxylation sites is 1. The van der Waals surface area contributed by atoms with Crippen LogP contribution in [0.15, 0.2) is 78.9 Å². The van der Waals surface area contributed by atoms with E-state index >= 15 is 0 Å². The predicted molar refractivity (Wildman–Crippen MR) is 129 cm³/mol. The van der Waals surface area contributed by atoms with Gasteiger partial charge in [-0.25, -0.2) is 0 Å².